The summed E-state index contributed by atoms with van der Waals surface area (Å²) in [5.41, 5.74) is 1.19. The highest BCUT2D eigenvalue weighted by Crippen LogP contribution is 2.12. The number of ether oxygens (including phenoxy) is 3. The summed E-state index contributed by atoms with van der Waals surface area (Å²) in [5, 5.41) is 6.53. The second kappa shape index (κ2) is 15.2. The number of aliphatic imine (C=N–C) groups is 1. The molecule has 26 heavy (non-hydrogen) atoms. The summed E-state index contributed by atoms with van der Waals surface area (Å²) < 4.78 is 16.7. The molecule has 1 heterocycles. The summed E-state index contributed by atoms with van der Waals surface area (Å²) >= 11 is 0. The van der Waals surface area contributed by atoms with Crippen molar-refractivity contribution < 1.29 is 14.2 Å². The minimum absolute atomic E-state index is 0. The number of hydrogen-bond acceptors (Lipinski definition) is 4. The number of rotatable bonds is 11. The van der Waals surface area contributed by atoms with Crippen molar-refractivity contribution in [2.75, 3.05) is 53.2 Å². The van der Waals surface area contributed by atoms with Gasteiger partial charge in [-0.25, -0.2) is 0 Å². The average Bonchev–Trinajstić information content (AvgIpc) is 3.17. The van der Waals surface area contributed by atoms with Gasteiger partial charge in [0.1, 0.15) is 0 Å². The molecule has 1 aromatic rings. The number of guanidine groups is 1. The van der Waals surface area contributed by atoms with Crippen molar-refractivity contribution in [3.05, 3.63) is 35.9 Å². The van der Waals surface area contributed by atoms with Crippen LogP contribution in [0.3, 0.4) is 0 Å². The Balaban J connectivity index is 0.00000338. The zero-order valence-corrected chi connectivity index (χ0v) is 17.9. The average molecular weight is 477 g/mol. The third kappa shape index (κ3) is 10.3. The zero-order chi connectivity index (χ0) is 17.6. The number of halogens is 1. The molecule has 0 aromatic heterocycles. The maximum atomic E-state index is 5.69. The fourth-order valence-corrected chi connectivity index (χ4v) is 2.57. The van der Waals surface area contributed by atoms with Crippen molar-refractivity contribution in [2.24, 2.45) is 10.9 Å². The molecule has 148 valence electrons. The first-order valence-electron chi connectivity index (χ1n) is 9.10. The molecule has 0 saturated carbocycles. The number of nitrogens with zero attached hydrogens (tertiary/aromatic N) is 1. The van der Waals surface area contributed by atoms with Gasteiger partial charge < -0.3 is 24.8 Å². The molecule has 0 spiro atoms. The second-order valence-corrected chi connectivity index (χ2v) is 6.12. The molecule has 1 unspecified atom stereocenters. The fourth-order valence-electron chi connectivity index (χ4n) is 2.57. The van der Waals surface area contributed by atoms with Gasteiger partial charge >= 0.3 is 0 Å². The van der Waals surface area contributed by atoms with Crippen LogP contribution >= 0.6 is 24.0 Å². The predicted octanol–water partition coefficient (Wildman–Crippen LogP) is 2.43. The smallest absolute Gasteiger partial charge is 0.191 e. The van der Waals surface area contributed by atoms with Crippen LogP contribution in [0.4, 0.5) is 0 Å². The van der Waals surface area contributed by atoms with Crippen LogP contribution in [-0.4, -0.2) is 59.1 Å². The molecular weight excluding hydrogens is 445 g/mol. The summed E-state index contributed by atoms with van der Waals surface area (Å²) in [4.78, 5) is 4.21. The molecule has 0 amide bonds. The maximum Gasteiger partial charge on any atom is 0.191 e. The van der Waals surface area contributed by atoms with Gasteiger partial charge in [-0.15, -0.1) is 24.0 Å². The van der Waals surface area contributed by atoms with Crippen molar-refractivity contribution in [3.8, 4) is 0 Å². The Morgan fingerprint density at radius 1 is 1.15 bits per heavy atom. The fraction of sp³-hybridized carbons (Fsp3) is 0.632. The van der Waals surface area contributed by atoms with Crippen LogP contribution in [0.15, 0.2) is 35.3 Å². The Morgan fingerprint density at radius 3 is 2.69 bits per heavy atom. The van der Waals surface area contributed by atoms with Gasteiger partial charge in [0, 0.05) is 39.3 Å². The molecule has 1 atom stereocenters. The van der Waals surface area contributed by atoms with E-state index in [0.717, 1.165) is 58.3 Å². The first-order chi connectivity index (χ1) is 12.4. The summed E-state index contributed by atoms with van der Waals surface area (Å²) in [7, 11) is 1.77. The molecule has 6 nitrogen and oxygen atoms in total. The molecule has 7 heteroatoms. The largest absolute Gasteiger partial charge is 0.381 e. The van der Waals surface area contributed by atoms with Gasteiger partial charge in [0.2, 0.25) is 0 Å². The van der Waals surface area contributed by atoms with Crippen molar-refractivity contribution in [2.45, 2.75) is 19.4 Å². The van der Waals surface area contributed by atoms with Crippen LogP contribution in [0.5, 0.6) is 0 Å². The van der Waals surface area contributed by atoms with Gasteiger partial charge in [0.05, 0.1) is 26.4 Å². The van der Waals surface area contributed by atoms with E-state index in [9.17, 15) is 0 Å². The molecule has 1 aromatic carbocycles. The van der Waals surface area contributed by atoms with Crippen molar-refractivity contribution in [1.82, 2.24) is 10.6 Å². The first kappa shape index (κ1) is 23.1. The molecule has 2 rings (SSSR count). The van der Waals surface area contributed by atoms with E-state index >= 15 is 0 Å². The Bertz CT molecular complexity index is 482. The summed E-state index contributed by atoms with van der Waals surface area (Å²) in [6.07, 6.45) is 2.08. The van der Waals surface area contributed by atoms with Gasteiger partial charge in [-0.2, -0.15) is 0 Å². The van der Waals surface area contributed by atoms with Crippen molar-refractivity contribution in [3.63, 3.8) is 0 Å². The van der Waals surface area contributed by atoms with Gasteiger partial charge in [0.25, 0.3) is 0 Å². The van der Waals surface area contributed by atoms with Crippen LogP contribution in [0.25, 0.3) is 0 Å². The van der Waals surface area contributed by atoms with E-state index in [4.69, 9.17) is 14.2 Å². The lowest BCUT2D eigenvalue weighted by molar-refractivity contribution is 0.0887. The van der Waals surface area contributed by atoms with Crippen LogP contribution in [-0.2, 0) is 20.8 Å². The minimum atomic E-state index is 0. The SMILES string of the molecule is CN=C(NCCCOCC1CCOC1)NCCOCc1ccccc1.I. The third-order valence-corrected chi connectivity index (χ3v) is 4.01. The Hall–Kier alpha value is -0.900. The quantitative estimate of drug-likeness (QED) is 0.222. The van der Waals surface area contributed by atoms with E-state index in [-0.39, 0.29) is 24.0 Å². The van der Waals surface area contributed by atoms with Gasteiger partial charge in [-0.1, -0.05) is 30.3 Å². The third-order valence-electron chi connectivity index (χ3n) is 4.01. The van der Waals surface area contributed by atoms with E-state index in [1.807, 2.05) is 18.2 Å². The van der Waals surface area contributed by atoms with Gasteiger partial charge in [-0.05, 0) is 18.4 Å². The van der Waals surface area contributed by atoms with Gasteiger partial charge in [0.15, 0.2) is 5.96 Å². The maximum absolute atomic E-state index is 5.69. The van der Waals surface area contributed by atoms with Crippen LogP contribution in [0.1, 0.15) is 18.4 Å². The molecule has 0 aliphatic carbocycles. The number of hydrogen-bond donors (Lipinski definition) is 2. The minimum Gasteiger partial charge on any atom is -0.381 e. The molecular formula is C19H32IN3O3. The molecule has 1 aliphatic rings. The summed E-state index contributed by atoms with van der Waals surface area (Å²) in [6.45, 7) is 6.15. The number of nitrogens with one attached hydrogen (secondary N) is 2. The van der Waals surface area contributed by atoms with Crippen LogP contribution in [0, 0.1) is 5.92 Å². The molecule has 1 saturated heterocycles. The molecule has 2 N–H and O–H groups in total. The summed E-state index contributed by atoms with van der Waals surface area (Å²) in [6, 6.07) is 10.2. The Labute approximate surface area is 174 Å². The zero-order valence-electron chi connectivity index (χ0n) is 15.6. The van der Waals surface area contributed by atoms with E-state index in [1.54, 1.807) is 7.05 Å². The molecule has 1 aliphatic heterocycles. The Kier molecular flexibility index (Phi) is 13.5. The Morgan fingerprint density at radius 2 is 1.96 bits per heavy atom. The van der Waals surface area contributed by atoms with Crippen LogP contribution < -0.4 is 10.6 Å². The van der Waals surface area contributed by atoms with E-state index in [1.165, 1.54) is 5.56 Å². The topological polar surface area (TPSA) is 64.1 Å². The van der Waals surface area contributed by atoms with E-state index in [0.29, 0.717) is 19.1 Å². The second-order valence-electron chi connectivity index (χ2n) is 6.12. The molecule has 0 radical (unpaired) electrons. The van der Waals surface area contributed by atoms with E-state index < -0.39 is 0 Å². The summed E-state index contributed by atoms with van der Waals surface area (Å²) in [5.74, 6) is 1.38. The lowest BCUT2D eigenvalue weighted by Gasteiger charge is -2.13. The predicted molar refractivity (Wildman–Crippen MR) is 115 cm³/mol. The lowest BCUT2D eigenvalue weighted by atomic mass is 10.1. The van der Waals surface area contributed by atoms with Crippen molar-refractivity contribution in [1.29, 1.82) is 0 Å². The standard InChI is InChI=1S/C19H31N3O3.HI/c1-20-19(21-9-5-11-23-15-18-8-12-24-16-18)22-10-13-25-14-17-6-3-2-4-7-17;/h2-4,6-7,18H,5,8-16H2,1H3,(H2,20,21,22);1H. The van der Waals surface area contributed by atoms with Gasteiger partial charge in [-0.3, -0.25) is 4.99 Å². The monoisotopic (exact) mass is 477 g/mol. The number of benzene rings is 1. The highest BCUT2D eigenvalue weighted by Gasteiger charge is 2.15. The highest BCUT2D eigenvalue weighted by atomic mass is 127. The van der Waals surface area contributed by atoms with E-state index in [2.05, 4.69) is 27.8 Å². The lowest BCUT2D eigenvalue weighted by Crippen LogP contribution is -2.39. The van der Waals surface area contributed by atoms with Crippen molar-refractivity contribution >= 4 is 29.9 Å². The molecule has 0 bridgehead atoms. The van der Waals surface area contributed by atoms with Crippen LogP contribution in [0.2, 0.25) is 0 Å². The highest BCUT2D eigenvalue weighted by molar-refractivity contribution is 14.0. The normalized spacial score (nSPS) is 17.0. The molecule has 1 fully saturated rings. The first-order valence-corrected chi connectivity index (χ1v) is 9.10.